The molecule has 30 heavy (non-hydrogen) atoms. The highest BCUT2D eigenvalue weighted by molar-refractivity contribution is 7.89. The quantitative estimate of drug-likeness (QED) is 0.616. The SMILES string of the molecule is O=C(O)c1c(S(=O)(=O)N2CCOCC2)c2ccccc2n1Cc1ccc(Cl)c(Cl)c1. The van der Waals surface area contributed by atoms with E-state index in [1.807, 2.05) is 0 Å². The Labute approximate surface area is 183 Å². The third-order valence-electron chi connectivity index (χ3n) is 5.02. The molecule has 0 amide bonds. The summed E-state index contributed by atoms with van der Waals surface area (Å²) >= 11 is 12.1. The standard InChI is InChI=1S/C20H18Cl2N2O5S/c21-15-6-5-13(11-16(15)22)12-24-17-4-2-1-3-14(17)19(18(24)20(25)26)30(27,28)23-7-9-29-10-8-23/h1-6,11H,7-10,12H2,(H,25,26). The van der Waals surface area contributed by atoms with E-state index in [-0.39, 0.29) is 43.4 Å². The van der Waals surface area contributed by atoms with Crippen molar-refractivity contribution in [2.45, 2.75) is 11.4 Å². The summed E-state index contributed by atoms with van der Waals surface area (Å²) < 4.78 is 34.9. The third-order valence-corrected chi connectivity index (χ3v) is 7.73. The number of carboxylic acids is 1. The molecular weight excluding hydrogens is 451 g/mol. The van der Waals surface area contributed by atoms with Gasteiger partial charge in [-0.3, -0.25) is 0 Å². The van der Waals surface area contributed by atoms with Gasteiger partial charge in [0.05, 0.1) is 28.8 Å². The molecule has 0 aliphatic carbocycles. The summed E-state index contributed by atoms with van der Waals surface area (Å²) in [4.78, 5) is 12.1. The van der Waals surface area contributed by atoms with Crippen molar-refractivity contribution in [3.63, 3.8) is 0 Å². The number of para-hydroxylation sites is 1. The molecule has 1 aliphatic rings. The third kappa shape index (κ3) is 3.70. The van der Waals surface area contributed by atoms with Gasteiger partial charge in [0.15, 0.2) is 0 Å². The maximum Gasteiger partial charge on any atom is 0.353 e. The van der Waals surface area contributed by atoms with Gasteiger partial charge in [0.2, 0.25) is 10.0 Å². The minimum atomic E-state index is -4.05. The van der Waals surface area contributed by atoms with Gasteiger partial charge in [-0.2, -0.15) is 4.31 Å². The van der Waals surface area contributed by atoms with Crippen LogP contribution in [-0.2, 0) is 21.3 Å². The predicted octanol–water partition coefficient (Wildman–Crippen LogP) is 3.72. The minimum Gasteiger partial charge on any atom is -0.477 e. The Bertz CT molecular complexity index is 1230. The second-order valence-corrected chi connectivity index (χ2v) is 9.54. The monoisotopic (exact) mass is 468 g/mol. The van der Waals surface area contributed by atoms with Crippen LogP contribution >= 0.6 is 23.2 Å². The molecule has 10 heteroatoms. The van der Waals surface area contributed by atoms with Gasteiger partial charge in [-0.1, -0.05) is 47.5 Å². The first kappa shape index (κ1) is 21.1. The van der Waals surface area contributed by atoms with Gasteiger partial charge in [0.1, 0.15) is 10.6 Å². The second kappa shape index (κ2) is 8.20. The highest BCUT2D eigenvalue weighted by Crippen LogP contribution is 2.34. The van der Waals surface area contributed by atoms with Crippen LogP contribution in [0.2, 0.25) is 10.0 Å². The Balaban J connectivity index is 1.94. The molecular formula is C20H18Cl2N2O5S. The van der Waals surface area contributed by atoms with E-state index in [0.717, 1.165) is 0 Å². The lowest BCUT2D eigenvalue weighted by molar-refractivity contribution is 0.0678. The van der Waals surface area contributed by atoms with Crippen molar-refractivity contribution in [3.8, 4) is 0 Å². The normalized spacial score (nSPS) is 15.5. The van der Waals surface area contributed by atoms with Crippen molar-refractivity contribution in [1.29, 1.82) is 0 Å². The van der Waals surface area contributed by atoms with E-state index < -0.39 is 16.0 Å². The number of halogens is 2. The summed E-state index contributed by atoms with van der Waals surface area (Å²) in [5.41, 5.74) is 0.921. The largest absolute Gasteiger partial charge is 0.477 e. The highest BCUT2D eigenvalue weighted by Gasteiger charge is 2.35. The lowest BCUT2D eigenvalue weighted by Crippen LogP contribution is -2.41. The van der Waals surface area contributed by atoms with Crippen LogP contribution in [0.5, 0.6) is 0 Å². The molecule has 0 atom stereocenters. The van der Waals surface area contributed by atoms with Crippen molar-refractivity contribution < 1.29 is 23.1 Å². The Morgan fingerprint density at radius 1 is 1.07 bits per heavy atom. The summed E-state index contributed by atoms with van der Waals surface area (Å²) in [6.07, 6.45) is 0. The van der Waals surface area contributed by atoms with Crippen molar-refractivity contribution in [3.05, 3.63) is 63.8 Å². The molecule has 0 saturated carbocycles. The summed E-state index contributed by atoms with van der Waals surface area (Å²) in [5, 5.41) is 11.1. The van der Waals surface area contributed by atoms with Crippen molar-refractivity contribution in [2.75, 3.05) is 26.3 Å². The van der Waals surface area contributed by atoms with Crippen LogP contribution in [0.25, 0.3) is 10.9 Å². The Hall–Kier alpha value is -2.10. The van der Waals surface area contributed by atoms with Crippen LogP contribution < -0.4 is 0 Å². The fourth-order valence-electron chi connectivity index (χ4n) is 3.65. The maximum atomic E-state index is 13.4. The van der Waals surface area contributed by atoms with E-state index in [2.05, 4.69) is 0 Å². The van der Waals surface area contributed by atoms with Gasteiger partial charge in [0.25, 0.3) is 0 Å². The van der Waals surface area contributed by atoms with Gasteiger partial charge in [-0.25, -0.2) is 13.2 Å². The molecule has 3 aromatic rings. The molecule has 2 heterocycles. The zero-order chi connectivity index (χ0) is 21.5. The second-order valence-electron chi connectivity index (χ2n) is 6.85. The molecule has 158 valence electrons. The number of hydrogen-bond donors (Lipinski definition) is 1. The first-order valence-electron chi connectivity index (χ1n) is 9.17. The van der Waals surface area contributed by atoms with Gasteiger partial charge in [0, 0.05) is 25.0 Å². The molecule has 0 unspecified atom stereocenters. The molecule has 1 aliphatic heterocycles. The fraction of sp³-hybridized carbons (Fsp3) is 0.250. The Morgan fingerprint density at radius 3 is 2.43 bits per heavy atom. The highest BCUT2D eigenvalue weighted by atomic mass is 35.5. The van der Waals surface area contributed by atoms with Gasteiger partial charge in [-0.15, -0.1) is 0 Å². The molecule has 0 spiro atoms. The van der Waals surface area contributed by atoms with E-state index in [9.17, 15) is 18.3 Å². The number of fused-ring (bicyclic) bond motifs is 1. The van der Waals surface area contributed by atoms with Gasteiger partial charge in [-0.05, 0) is 23.8 Å². The molecule has 1 N–H and O–H groups in total. The smallest absolute Gasteiger partial charge is 0.353 e. The number of rotatable bonds is 5. The Kier molecular flexibility index (Phi) is 5.78. The molecule has 1 saturated heterocycles. The number of carbonyl (C=O) groups is 1. The number of morpholine rings is 1. The van der Waals surface area contributed by atoms with Crippen LogP contribution in [0.3, 0.4) is 0 Å². The van der Waals surface area contributed by atoms with Crippen LogP contribution in [-0.4, -0.2) is 54.7 Å². The first-order chi connectivity index (χ1) is 14.3. The number of aromatic nitrogens is 1. The van der Waals surface area contributed by atoms with Crippen molar-refractivity contribution >= 4 is 50.1 Å². The number of nitrogens with zero attached hydrogens (tertiary/aromatic N) is 2. The number of benzene rings is 2. The molecule has 1 fully saturated rings. The molecule has 7 nitrogen and oxygen atoms in total. The maximum absolute atomic E-state index is 13.4. The summed E-state index contributed by atoms with van der Waals surface area (Å²) in [6, 6.07) is 11.8. The van der Waals surface area contributed by atoms with E-state index in [1.165, 1.54) is 8.87 Å². The first-order valence-corrected chi connectivity index (χ1v) is 11.4. The van der Waals surface area contributed by atoms with Gasteiger partial charge < -0.3 is 14.4 Å². The van der Waals surface area contributed by atoms with E-state index >= 15 is 0 Å². The number of carboxylic acid groups (broad SMARTS) is 1. The molecule has 4 rings (SSSR count). The summed E-state index contributed by atoms with van der Waals surface area (Å²) in [6.45, 7) is 1.01. The fourth-order valence-corrected chi connectivity index (χ4v) is 5.75. The minimum absolute atomic E-state index is 0.123. The molecule has 2 aromatic carbocycles. The summed E-state index contributed by atoms with van der Waals surface area (Å²) in [7, 11) is -4.05. The number of aromatic carboxylic acids is 1. The zero-order valence-corrected chi connectivity index (χ0v) is 18.0. The van der Waals surface area contributed by atoms with Gasteiger partial charge >= 0.3 is 5.97 Å². The van der Waals surface area contributed by atoms with E-state index in [1.54, 1.807) is 42.5 Å². The topological polar surface area (TPSA) is 88.8 Å². The average molecular weight is 469 g/mol. The van der Waals surface area contributed by atoms with Crippen molar-refractivity contribution in [1.82, 2.24) is 8.87 Å². The number of ether oxygens (including phenoxy) is 1. The molecule has 0 bridgehead atoms. The predicted molar refractivity (Wildman–Crippen MR) is 114 cm³/mol. The molecule has 1 aromatic heterocycles. The Morgan fingerprint density at radius 2 is 1.77 bits per heavy atom. The average Bonchev–Trinajstić information content (AvgIpc) is 3.07. The zero-order valence-electron chi connectivity index (χ0n) is 15.7. The van der Waals surface area contributed by atoms with Crippen molar-refractivity contribution in [2.24, 2.45) is 0 Å². The van der Waals surface area contributed by atoms with E-state index in [4.69, 9.17) is 27.9 Å². The van der Waals surface area contributed by atoms with Crippen LogP contribution in [0.4, 0.5) is 0 Å². The van der Waals surface area contributed by atoms with Crippen LogP contribution in [0.1, 0.15) is 16.1 Å². The summed E-state index contributed by atoms with van der Waals surface area (Å²) in [5.74, 6) is -1.32. The number of sulfonamides is 1. The number of hydrogen-bond acceptors (Lipinski definition) is 4. The lowest BCUT2D eigenvalue weighted by Gasteiger charge is -2.26. The molecule has 0 radical (unpaired) electrons. The van der Waals surface area contributed by atoms with Crippen LogP contribution in [0, 0.1) is 0 Å². The van der Waals surface area contributed by atoms with Crippen LogP contribution in [0.15, 0.2) is 47.4 Å². The lowest BCUT2D eigenvalue weighted by atomic mass is 10.2. The van der Waals surface area contributed by atoms with E-state index in [0.29, 0.717) is 26.5 Å².